The predicted octanol–water partition coefficient (Wildman–Crippen LogP) is 2.09. The van der Waals surface area contributed by atoms with Gasteiger partial charge in [-0.3, -0.25) is 0 Å². The maximum Gasteiger partial charge on any atom is 0.150 e. The lowest BCUT2D eigenvalue weighted by Crippen LogP contribution is -2.19. The van der Waals surface area contributed by atoms with E-state index in [1.807, 2.05) is 30.3 Å². The van der Waals surface area contributed by atoms with Gasteiger partial charge >= 0.3 is 0 Å². The molecule has 0 aliphatic carbocycles. The van der Waals surface area contributed by atoms with Crippen molar-refractivity contribution in [3.8, 4) is 0 Å². The predicted molar refractivity (Wildman–Crippen MR) is 64.7 cm³/mol. The Morgan fingerprint density at radius 3 is 2.67 bits per heavy atom. The summed E-state index contributed by atoms with van der Waals surface area (Å²) in [5, 5.41) is 4.11. The molecule has 0 aromatic heterocycles. The van der Waals surface area contributed by atoms with Gasteiger partial charge in [-0.15, -0.1) is 0 Å². The van der Waals surface area contributed by atoms with Crippen LogP contribution in [0.15, 0.2) is 35.4 Å². The van der Waals surface area contributed by atoms with Gasteiger partial charge < -0.3 is 11.2 Å². The van der Waals surface area contributed by atoms with Crippen LogP contribution in [0.25, 0.3) is 0 Å². The van der Waals surface area contributed by atoms with Gasteiger partial charge in [-0.25, -0.2) is 0 Å². The fourth-order valence-corrected chi connectivity index (χ4v) is 1.27. The SMILES string of the molecule is CCCCCNN=C(N)c1ccccc1. The Hall–Kier alpha value is -1.51. The fraction of sp³-hybridized carbons (Fsp3) is 0.417. The second-order valence-corrected chi connectivity index (χ2v) is 3.48. The van der Waals surface area contributed by atoms with E-state index in [4.69, 9.17) is 5.73 Å². The van der Waals surface area contributed by atoms with E-state index in [0.29, 0.717) is 5.84 Å². The quantitative estimate of drug-likeness (QED) is 0.323. The van der Waals surface area contributed by atoms with Crippen molar-refractivity contribution in [2.75, 3.05) is 6.54 Å². The lowest BCUT2D eigenvalue weighted by Gasteiger charge is -2.02. The largest absolute Gasteiger partial charge is 0.382 e. The highest BCUT2D eigenvalue weighted by molar-refractivity contribution is 5.97. The molecule has 0 aliphatic heterocycles. The minimum absolute atomic E-state index is 0.548. The van der Waals surface area contributed by atoms with Crippen molar-refractivity contribution in [1.82, 2.24) is 5.43 Å². The maximum absolute atomic E-state index is 5.80. The van der Waals surface area contributed by atoms with Crippen LogP contribution in [-0.4, -0.2) is 12.4 Å². The molecule has 1 aromatic carbocycles. The highest BCUT2D eigenvalue weighted by Gasteiger charge is 1.94. The van der Waals surface area contributed by atoms with Crippen LogP contribution >= 0.6 is 0 Å². The second-order valence-electron chi connectivity index (χ2n) is 3.48. The lowest BCUT2D eigenvalue weighted by atomic mass is 10.2. The third-order valence-corrected chi connectivity index (χ3v) is 2.16. The standard InChI is InChI=1S/C12H19N3/c1-2-3-7-10-14-15-12(13)11-8-5-4-6-9-11/h4-6,8-9,14H,2-3,7,10H2,1H3,(H2,13,15). The van der Waals surface area contributed by atoms with Gasteiger partial charge in [0.25, 0.3) is 0 Å². The van der Waals surface area contributed by atoms with Gasteiger partial charge in [0.05, 0.1) is 0 Å². The molecule has 0 heterocycles. The average Bonchev–Trinajstić information content (AvgIpc) is 2.30. The number of unbranched alkanes of at least 4 members (excludes halogenated alkanes) is 2. The summed E-state index contributed by atoms with van der Waals surface area (Å²) in [5.41, 5.74) is 9.74. The molecule has 0 atom stereocenters. The van der Waals surface area contributed by atoms with Crippen molar-refractivity contribution in [2.45, 2.75) is 26.2 Å². The molecule has 0 unspecified atom stereocenters. The summed E-state index contributed by atoms with van der Waals surface area (Å²) in [7, 11) is 0. The van der Waals surface area contributed by atoms with Crippen molar-refractivity contribution in [2.24, 2.45) is 10.8 Å². The van der Waals surface area contributed by atoms with Crippen LogP contribution < -0.4 is 11.2 Å². The number of nitrogens with two attached hydrogens (primary N) is 1. The molecule has 82 valence electrons. The summed E-state index contributed by atoms with van der Waals surface area (Å²) in [6.45, 7) is 3.07. The molecule has 3 nitrogen and oxygen atoms in total. The molecular weight excluding hydrogens is 186 g/mol. The van der Waals surface area contributed by atoms with Gasteiger partial charge in [-0.05, 0) is 6.42 Å². The average molecular weight is 205 g/mol. The van der Waals surface area contributed by atoms with Crippen LogP contribution in [0.2, 0.25) is 0 Å². The zero-order valence-electron chi connectivity index (χ0n) is 9.24. The van der Waals surface area contributed by atoms with E-state index in [-0.39, 0.29) is 0 Å². The summed E-state index contributed by atoms with van der Waals surface area (Å²) < 4.78 is 0. The molecule has 0 bridgehead atoms. The molecule has 15 heavy (non-hydrogen) atoms. The van der Waals surface area contributed by atoms with E-state index in [1.165, 1.54) is 12.8 Å². The number of benzene rings is 1. The Kier molecular flexibility index (Phi) is 5.30. The van der Waals surface area contributed by atoms with E-state index in [9.17, 15) is 0 Å². The number of hydrazone groups is 1. The van der Waals surface area contributed by atoms with E-state index in [0.717, 1.165) is 18.5 Å². The van der Waals surface area contributed by atoms with E-state index in [2.05, 4.69) is 17.5 Å². The summed E-state index contributed by atoms with van der Waals surface area (Å²) in [4.78, 5) is 0. The number of nitrogens with one attached hydrogen (secondary N) is 1. The number of nitrogens with zero attached hydrogens (tertiary/aromatic N) is 1. The van der Waals surface area contributed by atoms with Gasteiger partial charge in [0.2, 0.25) is 0 Å². The van der Waals surface area contributed by atoms with Gasteiger partial charge in [-0.1, -0.05) is 50.1 Å². The lowest BCUT2D eigenvalue weighted by molar-refractivity contribution is 0.639. The maximum atomic E-state index is 5.80. The smallest absolute Gasteiger partial charge is 0.150 e. The van der Waals surface area contributed by atoms with Gasteiger partial charge in [-0.2, -0.15) is 5.10 Å². The van der Waals surface area contributed by atoms with E-state index >= 15 is 0 Å². The number of amidine groups is 1. The second kappa shape index (κ2) is 6.87. The molecule has 0 saturated carbocycles. The summed E-state index contributed by atoms with van der Waals surface area (Å²) >= 11 is 0. The first-order valence-electron chi connectivity index (χ1n) is 5.46. The summed E-state index contributed by atoms with van der Waals surface area (Å²) in [5.74, 6) is 0.548. The fourth-order valence-electron chi connectivity index (χ4n) is 1.27. The van der Waals surface area contributed by atoms with Crippen LogP contribution in [0.1, 0.15) is 31.7 Å². The zero-order valence-corrected chi connectivity index (χ0v) is 9.24. The van der Waals surface area contributed by atoms with Crippen molar-refractivity contribution in [3.05, 3.63) is 35.9 Å². The molecule has 0 radical (unpaired) electrons. The van der Waals surface area contributed by atoms with Gasteiger partial charge in [0, 0.05) is 12.1 Å². The van der Waals surface area contributed by atoms with E-state index in [1.54, 1.807) is 0 Å². The Bertz CT molecular complexity index is 293. The van der Waals surface area contributed by atoms with Crippen molar-refractivity contribution >= 4 is 5.84 Å². The molecule has 0 aliphatic rings. The normalized spacial score (nSPS) is 11.4. The third kappa shape index (κ3) is 4.49. The van der Waals surface area contributed by atoms with Crippen LogP contribution in [-0.2, 0) is 0 Å². The van der Waals surface area contributed by atoms with Crippen LogP contribution in [0.5, 0.6) is 0 Å². The molecule has 3 N–H and O–H groups in total. The monoisotopic (exact) mass is 205 g/mol. The first kappa shape index (κ1) is 11.6. The van der Waals surface area contributed by atoms with Crippen molar-refractivity contribution in [1.29, 1.82) is 0 Å². The Morgan fingerprint density at radius 1 is 1.27 bits per heavy atom. The molecule has 1 rings (SSSR count). The van der Waals surface area contributed by atoms with Gasteiger partial charge in [0.15, 0.2) is 5.84 Å². The Morgan fingerprint density at radius 2 is 2.00 bits per heavy atom. The molecule has 0 fully saturated rings. The van der Waals surface area contributed by atoms with Crippen molar-refractivity contribution in [3.63, 3.8) is 0 Å². The van der Waals surface area contributed by atoms with Crippen LogP contribution in [0.4, 0.5) is 0 Å². The minimum atomic E-state index is 0.548. The molecule has 1 aromatic rings. The Labute approximate surface area is 91.4 Å². The molecule has 0 spiro atoms. The highest BCUT2D eigenvalue weighted by Crippen LogP contribution is 1.97. The highest BCUT2D eigenvalue weighted by atomic mass is 15.3. The first-order valence-corrected chi connectivity index (χ1v) is 5.46. The summed E-state index contributed by atoms with van der Waals surface area (Å²) in [6, 6.07) is 9.77. The zero-order chi connectivity index (χ0) is 10.9. The topological polar surface area (TPSA) is 50.4 Å². The van der Waals surface area contributed by atoms with Crippen LogP contribution in [0, 0.1) is 0 Å². The van der Waals surface area contributed by atoms with E-state index < -0.39 is 0 Å². The number of rotatable bonds is 6. The third-order valence-electron chi connectivity index (χ3n) is 2.16. The van der Waals surface area contributed by atoms with Crippen molar-refractivity contribution < 1.29 is 0 Å². The molecule has 3 heteroatoms. The number of hydrogen-bond acceptors (Lipinski definition) is 2. The number of hydrogen-bond donors (Lipinski definition) is 2. The minimum Gasteiger partial charge on any atom is -0.382 e. The van der Waals surface area contributed by atoms with Gasteiger partial charge in [0.1, 0.15) is 0 Å². The molecule has 0 amide bonds. The summed E-state index contributed by atoms with van der Waals surface area (Å²) in [6.07, 6.45) is 3.59. The van der Waals surface area contributed by atoms with Crippen LogP contribution in [0.3, 0.4) is 0 Å². The first-order chi connectivity index (χ1) is 7.34. The molecular formula is C12H19N3. The Balaban J connectivity index is 2.33. The molecule has 0 saturated heterocycles.